The molecular weight excluding hydrogens is 386 g/mol. The Balaban J connectivity index is 1.66. The van der Waals surface area contributed by atoms with Gasteiger partial charge >= 0.3 is 5.97 Å². The molecule has 6 rings (SSSR count). The minimum absolute atomic E-state index is 0.338. The van der Waals surface area contributed by atoms with Crippen molar-refractivity contribution in [1.29, 1.82) is 0 Å². The van der Waals surface area contributed by atoms with Crippen molar-refractivity contribution in [3.8, 4) is 11.5 Å². The van der Waals surface area contributed by atoms with Gasteiger partial charge in [-0.3, -0.25) is 0 Å². The van der Waals surface area contributed by atoms with E-state index in [-0.39, 0.29) is 5.97 Å². The molecule has 2 aliphatic rings. The molecule has 2 aliphatic heterocycles. The number of aryl methyl sites for hydroxylation is 1. The first-order valence-electron chi connectivity index (χ1n) is 10.2. The molecule has 0 fully saturated rings. The maximum atomic E-state index is 13.1. The molecule has 4 aromatic carbocycles. The fourth-order valence-corrected chi connectivity index (χ4v) is 4.64. The highest BCUT2D eigenvalue weighted by Crippen LogP contribution is 2.57. The number of nitrogens with one attached hydrogen (secondary N) is 1. The predicted molar refractivity (Wildman–Crippen MR) is 119 cm³/mol. The van der Waals surface area contributed by atoms with Crippen LogP contribution in [0.4, 0.5) is 11.4 Å². The third kappa shape index (κ3) is 2.45. The van der Waals surface area contributed by atoms with E-state index in [1.54, 1.807) is 0 Å². The first-order chi connectivity index (χ1) is 15.2. The zero-order valence-electron chi connectivity index (χ0n) is 16.9. The highest BCUT2D eigenvalue weighted by molar-refractivity contribution is 5.99. The van der Waals surface area contributed by atoms with E-state index in [1.165, 1.54) is 0 Å². The molecule has 0 saturated heterocycles. The molecule has 0 radical (unpaired) electrons. The molecule has 1 N–H and O–H groups in total. The van der Waals surface area contributed by atoms with Gasteiger partial charge in [-0.25, -0.2) is 4.79 Å². The van der Waals surface area contributed by atoms with Crippen LogP contribution in [0.5, 0.6) is 11.5 Å². The smallest absolute Gasteiger partial charge is 0.340 e. The molecule has 0 atom stereocenters. The average Bonchev–Trinajstić information content (AvgIpc) is 3.10. The Labute approximate surface area is 180 Å². The largest absolute Gasteiger partial charge is 0.456 e. The quantitative estimate of drug-likeness (QED) is 0.397. The fourth-order valence-electron chi connectivity index (χ4n) is 4.64. The second-order valence-electron chi connectivity index (χ2n) is 7.83. The summed E-state index contributed by atoms with van der Waals surface area (Å²) in [5, 5.41) is 3.55. The maximum absolute atomic E-state index is 13.1. The van der Waals surface area contributed by atoms with Crippen LogP contribution in [0.1, 0.15) is 32.6 Å². The second kappa shape index (κ2) is 6.47. The molecule has 150 valence electrons. The van der Waals surface area contributed by atoms with Crippen LogP contribution in [0, 0.1) is 6.92 Å². The number of para-hydroxylation sites is 3. The normalized spacial score (nSPS) is 14.8. The summed E-state index contributed by atoms with van der Waals surface area (Å²) in [4.78, 5) is 13.1. The number of carbonyl (C=O) groups is 1. The first-order valence-corrected chi connectivity index (χ1v) is 10.2. The Morgan fingerprint density at radius 2 is 1.32 bits per heavy atom. The van der Waals surface area contributed by atoms with E-state index in [2.05, 4.69) is 18.3 Å². The molecule has 0 unspecified atom stereocenters. The van der Waals surface area contributed by atoms with Crippen molar-refractivity contribution in [2.24, 2.45) is 0 Å². The van der Waals surface area contributed by atoms with E-state index in [0.29, 0.717) is 17.1 Å². The minimum Gasteiger partial charge on any atom is -0.456 e. The third-order valence-corrected chi connectivity index (χ3v) is 6.05. The van der Waals surface area contributed by atoms with Crippen molar-refractivity contribution in [3.63, 3.8) is 0 Å². The van der Waals surface area contributed by atoms with Gasteiger partial charge < -0.3 is 14.8 Å². The molecule has 0 bridgehead atoms. The lowest BCUT2D eigenvalue weighted by molar-refractivity contribution is 0.0226. The summed E-state index contributed by atoms with van der Waals surface area (Å²) in [5.74, 6) is 1.04. The molecular formula is C27H19NO3. The van der Waals surface area contributed by atoms with Crippen LogP contribution in [-0.4, -0.2) is 5.97 Å². The topological polar surface area (TPSA) is 47.6 Å². The Morgan fingerprint density at radius 1 is 0.710 bits per heavy atom. The molecule has 1 spiro atoms. The van der Waals surface area contributed by atoms with Gasteiger partial charge in [0.05, 0.1) is 5.56 Å². The summed E-state index contributed by atoms with van der Waals surface area (Å²) in [6, 6.07) is 29.3. The van der Waals surface area contributed by atoms with Crippen molar-refractivity contribution >= 4 is 17.3 Å². The van der Waals surface area contributed by atoms with Crippen molar-refractivity contribution in [2.45, 2.75) is 12.5 Å². The van der Waals surface area contributed by atoms with Crippen LogP contribution in [0.25, 0.3) is 0 Å². The monoisotopic (exact) mass is 405 g/mol. The van der Waals surface area contributed by atoms with E-state index in [4.69, 9.17) is 9.47 Å². The highest BCUT2D eigenvalue weighted by Gasteiger charge is 2.54. The third-order valence-electron chi connectivity index (χ3n) is 6.05. The summed E-state index contributed by atoms with van der Waals surface area (Å²) in [6.45, 7) is 2.06. The summed E-state index contributed by atoms with van der Waals surface area (Å²) >= 11 is 0. The maximum Gasteiger partial charge on any atom is 0.340 e. The van der Waals surface area contributed by atoms with E-state index in [0.717, 1.165) is 33.6 Å². The molecule has 31 heavy (non-hydrogen) atoms. The molecule has 0 aromatic heterocycles. The van der Waals surface area contributed by atoms with Crippen LogP contribution in [0.15, 0.2) is 91.0 Å². The zero-order chi connectivity index (χ0) is 21.0. The SMILES string of the molecule is Cc1ccccc1Nc1cccc2c1C1(OC2=O)c2ccccc2Oc2ccccc21. The number of esters is 1. The number of hydrogen-bond donors (Lipinski definition) is 1. The number of carbonyl (C=O) groups excluding carboxylic acids is 1. The molecule has 2 heterocycles. The van der Waals surface area contributed by atoms with Crippen LogP contribution in [0.2, 0.25) is 0 Å². The summed E-state index contributed by atoms with van der Waals surface area (Å²) in [7, 11) is 0. The second-order valence-corrected chi connectivity index (χ2v) is 7.83. The van der Waals surface area contributed by atoms with E-state index in [1.807, 2.05) is 84.9 Å². The fraction of sp³-hybridized carbons (Fsp3) is 0.0741. The highest BCUT2D eigenvalue weighted by atomic mass is 16.6. The molecule has 0 aliphatic carbocycles. The van der Waals surface area contributed by atoms with Gasteiger partial charge in [0.1, 0.15) is 11.5 Å². The number of ether oxygens (including phenoxy) is 2. The standard InChI is InChI=1S/C27H19NO3/c1-17-9-2-5-13-21(17)28-22-14-8-10-18-25(22)27(31-26(18)29)19-11-3-6-15-23(19)30-24-16-7-4-12-20(24)27/h2-16,28H,1H3. The van der Waals surface area contributed by atoms with Crippen molar-refractivity contribution in [1.82, 2.24) is 0 Å². The minimum atomic E-state index is -1.08. The van der Waals surface area contributed by atoms with Crippen molar-refractivity contribution in [3.05, 3.63) is 119 Å². The van der Waals surface area contributed by atoms with E-state index in [9.17, 15) is 4.79 Å². The van der Waals surface area contributed by atoms with Crippen molar-refractivity contribution in [2.75, 3.05) is 5.32 Å². The lowest BCUT2D eigenvalue weighted by atomic mass is 9.77. The van der Waals surface area contributed by atoms with Gasteiger partial charge in [0, 0.05) is 28.1 Å². The molecule has 0 saturated carbocycles. The Kier molecular flexibility index (Phi) is 3.71. The Hall–Kier alpha value is -4.05. The Bertz CT molecular complexity index is 1310. The number of anilines is 2. The lowest BCUT2D eigenvalue weighted by Crippen LogP contribution is -2.33. The Morgan fingerprint density at radius 3 is 2.03 bits per heavy atom. The van der Waals surface area contributed by atoms with Gasteiger partial charge in [0.25, 0.3) is 0 Å². The molecule has 4 heteroatoms. The zero-order valence-corrected chi connectivity index (χ0v) is 16.9. The van der Waals surface area contributed by atoms with Gasteiger partial charge in [-0.1, -0.05) is 60.7 Å². The van der Waals surface area contributed by atoms with Gasteiger partial charge in [-0.15, -0.1) is 0 Å². The molecule has 4 aromatic rings. The number of hydrogen-bond acceptors (Lipinski definition) is 4. The predicted octanol–water partition coefficient (Wildman–Crippen LogP) is 6.31. The van der Waals surface area contributed by atoms with E-state index < -0.39 is 5.60 Å². The number of fused-ring (bicyclic) bond motifs is 6. The van der Waals surface area contributed by atoms with Crippen molar-refractivity contribution < 1.29 is 14.3 Å². The summed E-state index contributed by atoms with van der Waals surface area (Å²) in [5.41, 5.74) is 4.87. The molecule has 0 amide bonds. The van der Waals surface area contributed by atoms with Gasteiger partial charge in [0.2, 0.25) is 0 Å². The first kappa shape index (κ1) is 17.8. The van der Waals surface area contributed by atoms with Gasteiger partial charge in [-0.2, -0.15) is 0 Å². The van der Waals surface area contributed by atoms with Crippen LogP contribution in [0.3, 0.4) is 0 Å². The van der Waals surface area contributed by atoms with Crippen LogP contribution < -0.4 is 10.1 Å². The van der Waals surface area contributed by atoms with Gasteiger partial charge in [-0.05, 0) is 42.8 Å². The average molecular weight is 405 g/mol. The summed E-state index contributed by atoms with van der Waals surface area (Å²) in [6.07, 6.45) is 0. The number of benzene rings is 4. The lowest BCUT2D eigenvalue weighted by Gasteiger charge is -2.37. The molecule has 4 nitrogen and oxygen atoms in total. The number of rotatable bonds is 2. The summed E-state index contributed by atoms with van der Waals surface area (Å²) < 4.78 is 12.4. The van der Waals surface area contributed by atoms with E-state index >= 15 is 0 Å². The van der Waals surface area contributed by atoms with Crippen LogP contribution in [-0.2, 0) is 10.3 Å². The van der Waals surface area contributed by atoms with Crippen LogP contribution >= 0.6 is 0 Å². The van der Waals surface area contributed by atoms with Gasteiger partial charge in [0.15, 0.2) is 5.60 Å².